The summed E-state index contributed by atoms with van der Waals surface area (Å²) in [6.45, 7) is 3.43. The van der Waals surface area contributed by atoms with Gasteiger partial charge in [-0.15, -0.1) is 0 Å². The van der Waals surface area contributed by atoms with Crippen LogP contribution in [-0.4, -0.2) is 56.5 Å². The number of rotatable bonds is 4. The van der Waals surface area contributed by atoms with Crippen LogP contribution in [0.4, 0.5) is 5.69 Å². The second-order valence-electron chi connectivity index (χ2n) is 6.33. The number of nitrogens with zero attached hydrogens (tertiary/aromatic N) is 3. The Morgan fingerprint density at radius 1 is 1.35 bits per heavy atom. The first-order valence-electron chi connectivity index (χ1n) is 8.31. The summed E-state index contributed by atoms with van der Waals surface area (Å²) in [6, 6.07) is 10.8. The van der Waals surface area contributed by atoms with Gasteiger partial charge in [-0.25, -0.2) is 0 Å². The Morgan fingerprint density at radius 2 is 2.17 bits per heavy atom. The van der Waals surface area contributed by atoms with Crippen LogP contribution in [0.2, 0.25) is 0 Å². The van der Waals surface area contributed by atoms with Gasteiger partial charge in [0.2, 0.25) is 0 Å². The zero-order valence-electron chi connectivity index (χ0n) is 13.8. The number of hydrogen-bond acceptors (Lipinski definition) is 5. The van der Waals surface area contributed by atoms with E-state index in [-0.39, 0.29) is 6.04 Å². The number of hydrogen-bond donors (Lipinski definition) is 1. The number of nitrogens with two attached hydrogens (primary N) is 1. The molecule has 23 heavy (non-hydrogen) atoms. The average Bonchev–Trinajstić information content (AvgIpc) is 2.95. The van der Waals surface area contributed by atoms with E-state index in [1.807, 2.05) is 36.5 Å². The smallest absolute Gasteiger partial charge is 0.0618 e. The summed E-state index contributed by atoms with van der Waals surface area (Å²) in [6.07, 6.45) is 6.32. The quantitative estimate of drug-likeness (QED) is 0.681. The lowest BCUT2D eigenvalue weighted by molar-refractivity contribution is 0.129. The van der Waals surface area contributed by atoms with E-state index in [1.54, 1.807) is 0 Å². The summed E-state index contributed by atoms with van der Waals surface area (Å²) < 4.78 is 5.55. The van der Waals surface area contributed by atoms with Crippen molar-refractivity contribution in [3.8, 4) is 0 Å². The molecule has 5 heteroatoms. The lowest BCUT2D eigenvalue weighted by Gasteiger charge is -2.27. The molecule has 0 aromatic heterocycles. The summed E-state index contributed by atoms with van der Waals surface area (Å²) in [4.78, 5) is 2.48. The third-order valence-corrected chi connectivity index (χ3v) is 4.52. The van der Waals surface area contributed by atoms with E-state index in [9.17, 15) is 0 Å². The van der Waals surface area contributed by atoms with Crippen LogP contribution in [0.5, 0.6) is 0 Å². The molecule has 1 aromatic rings. The molecule has 0 amide bonds. The topological polar surface area (TPSA) is 54.1 Å². The zero-order chi connectivity index (χ0) is 16.1. The van der Waals surface area contributed by atoms with Crippen LogP contribution in [0, 0.1) is 0 Å². The fraction of sp³-hybridized carbons (Fsp3) is 0.500. The van der Waals surface area contributed by atoms with Gasteiger partial charge < -0.3 is 10.5 Å². The van der Waals surface area contributed by atoms with Crippen molar-refractivity contribution in [2.45, 2.75) is 24.9 Å². The van der Waals surface area contributed by atoms with Crippen LogP contribution < -0.4 is 10.7 Å². The highest BCUT2D eigenvalue weighted by atomic mass is 16.5. The van der Waals surface area contributed by atoms with Crippen LogP contribution in [-0.2, 0) is 4.74 Å². The highest BCUT2D eigenvalue weighted by Gasteiger charge is 2.26. The van der Waals surface area contributed by atoms with Crippen molar-refractivity contribution in [1.29, 1.82) is 0 Å². The Hall–Kier alpha value is -1.69. The van der Waals surface area contributed by atoms with E-state index < -0.39 is 0 Å². The van der Waals surface area contributed by atoms with Gasteiger partial charge in [-0.3, -0.25) is 9.91 Å². The van der Waals surface area contributed by atoms with Crippen molar-refractivity contribution in [2.24, 2.45) is 10.8 Å². The number of para-hydroxylation sites is 1. The third kappa shape index (κ3) is 4.41. The minimum absolute atomic E-state index is 0.157. The van der Waals surface area contributed by atoms with Gasteiger partial charge in [-0.05, 0) is 30.5 Å². The number of benzene rings is 1. The van der Waals surface area contributed by atoms with Gasteiger partial charge in [0.05, 0.1) is 18.5 Å². The molecule has 0 aliphatic carbocycles. The lowest BCUT2D eigenvalue weighted by atomic mass is 10.1. The zero-order valence-corrected chi connectivity index (χ0v) is 13.8. The predicted octanol–water partition coefficient (Wildman–Crippen LogP) is 1.86. The average molecular weight is 314 g/mol. The molecule has 2 atom stereocenters. The van der Waals surface area contributed by atoms with E-state index in [0.717, 1.165) is 38.2 Å². The fourth-order valence-electron chi connectivity index (χ4n) is 3.16. The van der Waals surface area contributed by atoms with E-state index in [1.165, 1.54) is 5.57 Å². The maximum atomic E-state index is 6.09. The van der Waals surface area contributed by atoms with E-state index in [4.69, 9.17) is 10.5 Å². The number of ether oxygens (including phenoxy) is 1. The Bertz CT molecular complexity index is 557. The van der Waals surface area contributed by atoms with E-state index in [0.29, 0.717) is 12.6 Å². The Balaban J connectivity index is 1.54. The molecule has 5 nitrogen and oxygen atoms in total. The van der Waals surface area contributed by atoms with E-state index >= 15 is 0 Å². The van der Waals surface area contributed by atoms with Crippen LogP contribution in [0.15, 0.2) is 47.1 Å². The molecule has 0 spiro atoms. The summed E-state index contributed by atoms with van der Waals surface area (Å²) in [5.41, 5.74) is 8.45. The van der Waals surface area contributed by atoms with Crippen LogP contribution in [0.3, 0.4) is 0 Å². The predicted molar refractivity (Wildman–Crippen MR) is 94.8 cm³/mol. The second kappa shape index (κ2) is 7.73. The molecule has 0 saturated carbocycles. The molecule has 2 heterocycles. The highest BCUT2D eigenvalue weighted by molar-refractivity contribution is 5.80. The summed E-state index contributed by atoms with van der Waals surface area (Å²) in [5, 5.41) is 6.46. The van der Waals surface area contributed by atoms with Gasteiger partial charge in [0.25, 0.3) is 0 Å². The number of anilines is 1. The molecule has 1 aromatic carbocycles. The van der Waals surface area contributed by atoms with Crippen LogP contribution in [0.1, 0.15) is 12.8 Å². The third-order valence-electron chi connectivity index (χ3n) is 4.52. The summed E-state index contributed by atoms with van der Waals surface area (Å²) >= 11 is 0. The van der Waals surface area contributed by atoms with Crippen molar-refractivity contribution < 1.29 is 4.74 Å². The molecule has 0 bridgehead atoms. The molecule has 1 unspecified atom stereocenters. The SMILES string of the molecule is CN(/N=C\C1=CCN(C2CCOC[C@@H](N)C2)C1)c1ccccc1. The Labute approximate surface area is 138 Å². The van der Waals surface area contributed by atoms with Crippen molar-refractivity contribution in [1.82, 2.24) is 4.90 Å². The van der Waals surface area contributed by atoms with Crippen molar-refractivity contribution in [3.05, 3.63) is 42.0 Å². The van der Waals surface area contributed by atoms with Gasteiger partial charge in [0.15, 0.2) is 0 Å². The van der Waals surface area contributed by atoms with Gasteiger partial charge in [0.1, 0.15) is 0 Å². The first-order valence-corrected chi connectivity index (χ1v) is 8.31. The summed E-state index contributed by atoms with van der Waals surface area (Å²) in [5.74, 6) is 0. The van der Waals surface area contributed by atoms with Crippen LogP contribution >= 0.6 is 0 Å². The first kappa shape index (κ1) is 16.2. The van der Waals surface area contributed by atoms with Crippen molar-refractivity contribution in [3.63, 3.8) is 0 Å². The molecular formula is C18H26N4O. The highest BCUT2D eigenvalue weighted by Crippen LogP contribution is 2.20. The van der Waals surface area contributed by atoms with Crippen molar-refractivity contribution >= 4 is 11.9 Å². The first-order chi connectivity index (χ1) is 11.2. The molecule has 124 valence electrons. The molecule has 2 aliphatic heterocycles. The van der Waals surface area contributed by atoms with E-state index in [2.05, 4.69) is 28.2 Å². The largest absolute Gasteiger partial charge is 0.380 e. The normalized spacial score (nSPS) is 26.3. The molecule has 1 saturated heterocycles. The standard InChI is InChI=1S/C18H26N4O/c1-21(17-5-3-2-4-6-17)20-12-15-7-9-22(13-15)18-8-10-23-14-16(19)11-18/h2-7,12,16,18H,8-11,13-14,19H2,1H3/b20-12-/t16-,18?/m0/s1. The molecule has 2 N–H and O–H groups in total. The molecule has 1 fully saturated rings. The fourth-order valence-corrected chi connectivity index (χ4v) is 3.16. The molecular weight excluding hydrogens is 288 g/mol. The number of hydrazone groups is 1. The Morgan fingerprint density at radius 3 is 3.00 bits per heavy atom. The maximum absolute atomic E-state index is 6.09. The molecule has 2 aliphatic rings. The molecule has 0 radical (unpaired) electrons. The molecule has 3 rings (SSSR count). The monoisotopic (exact) mass is 314 g/mol. The van der Waals surface area contributed by atoms with Gasteiger partial charge in [-0.2, -0.15) is 5.10 Å². The minimum atomic E-state index is 0.157. The summed E-state index contributed by atoms with van der Waals surface area (Å²) in [7, 11) is 1.97. The minimum Gasteiger partial charge on any atom is -0.380 e. The lowest BCUT2D eigenvalue weighted by Crippen LogP contribution is -2.38. The van der Waals surface area contributed by atoms with Gasteiger partial charge in [0, 0.05) is 38.8 Å². The second-order valence-corrected chi connectivity index (χ2v) is 6.33. The van der Waals surface area contributed by atoms with Gasteiger partial charge in [-0.1, -0.05) is 24.3 Å². The van der Waals surface area contributed by atoms with Crippen LogP contribution in [0.25, 0.3) is 0 Å². The Kier molecular flexibility index (Phi) is 5.43. The maximum Gasteiger partial charge on any atom is 0.0618 e. The van der Waals surface area contributed by atoms with Crippen molar-refractivity contribution in [2.75, 3.05) is 38.4 Å². The van der Waals surface area contributed by atoms with Gasteiger partial charge >= 0.3 is 0 Å².